The van der Waals surface area contributed by atoms with Gasteiger partial charge in [-0.2, -0.15) is 0 Å². The highest BCUT2D eigenvalue weighted by molar-refractivity contribution is 5.88. The molecule has 0 aliphatic heterocycles. The smallest absolute Gasteiger partial charge is 0.261 e. The molecule has 0 saturated heterocycles. The van der Waals surface area contributed by atoms with Gasteiger partial charge in [0.1, 0.15) is 17.5 Å². The molecule has 0 spiro atoms. The zero-order chi connectivity index (χ0) is 22.9. The van der Waals surface area contributed by atoms with Crippen LogP contribution >= 0.6 is 0 Å². The maximum Gasteiger partial charge on any atom is 0.261 e. The number of hydrogen-bond donors (Lipinski definition) is 1. The van der Waals surface area contributed by atoms with Crippen molar-refractivity contribution in [3.05, 3.63) is 60.2 Å². The van der Waals surface area contributed by atoms with E-state index in [2.05, 4.69) is 5.32 Å². The number of carbonyl (C=O) groups excluding carboxylic acids is 2. The van der Waals surface area contributed by atoms with E-state index < -0.39 is 6.04 Å². The Bertz CT molecular complexity index is 829. The Morgan fingerprint density at radius 1 is 1.00 bits per heavy atom. The third-order valence-electron chi connectivity index (χ3n) is 4.79. The average Bonchev–Trinajstić information content (AvgIpc) is 2.74. The molecule has 31 heavy (non-hydrogen) atoms. The molecule has 0 saturated carbocycles. The third-order valence-corrected chi connectivity index (χ3v) is 4.79. The highest BCUT2D eigenvalue weighted by Gasteiger charge is 2.30. The predicted octanol–water partition coefficient (Wildman–Crippen LogP) is 3.84. The van der Waals surface area contributed by atoms with Crippen molar-refractivity contribution < 1.29 is 19.1 Å². The Hall–Kier alpha value is -3.02. The van der Waals surface area contributed by atoms with Gasteiger partial charge >= 0.3 is 0 Å². The number of benzene rings is 2. The molecule has 0 radical (unpaired) electrons. The largest absolute Gasteiger partial charge is 0.497 e. The Kier molecular flexibility index (Phi) is 8.91. The summed E-state index contributed by atoms with van der Waals surface area (Å²) < 4.78 is 10.8. The van der Waals surface area contributed by atoms with Crippen molar-refractivity contribution in [2.45, 2.75) is 52.1 Å². The molecule has 0 fully saturated rings. The zero-order valence-electron chi connectivity index (χ0n) is 19.2. The second-order valence-corrected chi connectivity index (χ2v) is 8.45. The van der Waals surface area contributed by atoms with Gasteiger partial charge in [-0.1, -0.05) is 37.3 Å². The van der Waals surface area contributed by atoms with Crippen molar-refractivity contribution in [2.24, 2.45) is 0 Å². The van der Waals surface area contributed by atoms with Crippen molar-refractivity contribution in [1.82, 2.24) is 10.2 Å². The Balaban J connectivity index is 2.13. The minimum Gasteiger partial charge on any atom is -0.497 e. The van der Waals surface area contributed by atoms with Crippen LogP contribution in [-0.4, -0.2) is 48.6 Å². The first-order chi connectivity index (χ1) is 14.7. The maximum absolute atomic E-state index is 13.1. The fourth-order valence-corrected chi connectivity index (χ4v) is 3.25. The van der Waals surface area contributed by atoms with Crippen LogP contribution in [0.2, 0.25) is 0 Å². The van der Waals surface area contributed by atoms with Gasteiger partial charge in [0.05, 0.1) is 7.11 Å². The number of nitrogens with one attached hydrogen (secondary N) is 1. The van der Waals surface area contributed by atoms with Crippen LogP contribution in [0.5, 0.6) is 11.5 Å². The van der Waals surface area contributed by atoms with Crippen LogP contribution < -0.4 is 14.8 Å². The summed E-state index contributed by atoms with van der Waals surface area (Å²) in [6.45, 7) is 8.01. The lowest BCUT2D eigenvalue weighted by atomic mass is 10.1. The summed E-state index contributed by atoms with van der Waals surface area (Å²) in [4.78, 5) is 27.7. The highest BCUT2D eigenvalue weighted by atomic mass is 16.5. The van der Waals surface area contributed by atoms with E-state index in [1.807, 2.05) is 58.0 Å². The van der Waals surface area contributed by atoms with Gasteiger partial charge in [0.15, 0.2) is 6.61 Å². The molecule has 1 atom stereocenters. The molecule has 0 bridgehead atoms. The summed E-state index contributed by atoms with van der Waals surface area (Å²) in [7, 11) is 1.59. The molecular formula is C25H34N2O4. The summed E-state index contributed by atoms with van der Waals surface area (Å²) in [5.74, 6) is 0.918. The lowest BCUT2D eigenvalue weighted by Crippen LogP contribution is -2.54. The molecule has 0 heterocycles. The van der Waals surface area contributed by atoms with Crippen LogP contribution in [0.1, 0.15) is 39.7 Å². The van der Waals surface area contributed by atoms with E-state index in [1.54, 1.807) is 36.3 Å². The van der Waals surface area contributed by atoms with Gasteiger partial charge < -0.3 is 19.7 Å². The molecule has 6 nitrogen and oxygen atoms in total. The highest BCUT2D eigenvalue weighted by Crippen LogP contribution is 2.18. The molecular weight excluding hydrogens is 392 g/mol. The number of rotatable bonds is 10. The van der Waals surface area contributed by atoms with E-state index in [9.17, 15) is 9.59 Å². The Morgan fingerprint density at radius 2 is 1.61 bits per heavy atom. The summed E-state index contributed by atoms with van der Waals surface area (Å²) >= 11 is 0. The number of methoxy groups -OCH3 is 1. The van der Waals surface area contributed by atoms with E-state index >= 15 is 0 Å². The van der Waals surface area contributed by atoms with Gasteiger partial charge in [0, 0.05) is 12.1 Å². The lowest BCUT2D eigenvalue weighted by molar-refractivity contribution is -0.142. The van der Waals surface area contributed by atoms with Crippen molar-refractivity contribution >= 4 is 11.8 Å². The summed E-state index contributed by atoms with van der Waals surface area (Å²) in [6, 6.07) is 16.4. The molecule has 2 aromatic carbocycles. The standard InChI is InChI=1S/C25H34N2O4/c1-6-22(24(29)26-25(2,3)4)27(17-16-19-10-8-7-9-11-19)23(28)18-31-21-14-12-20(30-5)13-15-21/h7-15,22H,6,16-18H2,1-5H3,(H,26,29)/t22-/m1/s1. The van der Waals surface area contributed by atoms with Crippen LogP contribution in [0, 0.1) is 0 Å². The maximum atomic E-state index is 13.1. The number of nitrogens with zero attached hydrogens (tertiary/aromatic N) is 1. The fraction of sp³-hybridized carbons (Fsp3) is 0.440. The SMILES string of the molecule is CC[C@H](C(=O)NC(C)(C)C)N(CCc1ccccc1)C(=O)COc1ccc(OC)cc1. The quantitative estimate of drug-likeness (QED) is 0.627. The van der Waals surface area contributed by atoms with Gasteiger partial charge in [-0.3, -0.25) is 9.59 Å². The second-order valence-electron chi connectivity index (χ2n) is 8.45. The summed E-state index contributed by atoms with van der Waals surface area (Å²) in [5.41, 5.74) is 0.737. The van der Waals surface area contributed by atoms with Crippen LogP contribution in [0.25, 0.3) is 0 Å². The molecule has 0 aliphatic carbocycles. The second kappa shape index (κ2) is 11.4. The van der Waals surface area contributed by atoms with Crippen LogP contribution in [0.4, 0.5) is 0 Å². The Labute approximate surface area is 185 Å². The van der Waals surface area contributed by atoms with Gasteiger partial charge in [-0.15, -0.1) is 0 Å². The van der Waals surface area contributed by atoms with Crippen molar-refractivity contribution in [3.63, 3.8) is 0 Å². The van der Waals surface area contributed by atoms with Crippen LogP contribution in [0.3, 0.4) is 0 Å². The Morgan fingerprint density at radius 3 is 2.16 bits per heavy atom. The molecule has 0 aliphatic rings. The summed E-state index contributed by atoms with van der Waals surface area (Å²) in [6.07, 6.45) is 1.18. The number of amides is 2. The van der Waals surface area contributed by atoms with E-state index in [-0.39, 0.29) is 24.0 Å². The van der Waals surface area contributed by atoms with Crippen molar-refractivity contribution in [1.29, 1.82) is 0 Å². The molecule has 6 heteroatoms. The van der Waals surface area contributed by atoms with Gasteiger partial charge in [0.25, 0.3) is 5.91 Å². The molecule has 0 aromatic heterocycles. The van der Waals surface area contributed by atoms with Crippen LogP contribution in [-0.2, 0) is 16.0 Å². The van der Waals surface area contributed by atoms with E-state index in [4.69, 9.17) is 9.47 Å². The minimum atomic E-state index is -0.560. The van der Waals surface area contributed by atoms with E-state index in [0.717, 1.165) is 5.56 Å². The van der Waals surface area contributed by atoms with Gasteiger partial charge in [-0.25, -0.2) is 0 Å². The molecule has 0 unspecified atom stereocenters. The monoisotopic (exact) mass is 426 g/mol. The normalized spacial score (nSPS) is 12.0. The molecule has 2 rings (SSSR count). The first-order valence-corrected chi connectivity index (χ1v) is 10.7. The molecule has 2 amide bonds. The van der Waals surface area contributed by atoms with Crippen molar-refractivity contribution in [2.75, 3.05) is 20.3 Å². The van der Waals surface area contributed by atoms with Crippen LogP contribution in [0.15, 0.2) is 54.6 Å². The average molecular weight is 427 g/mol. The zero-order valence-corrected chi connectivity index (χ0v) is 19.2. The van der Waals surface area contributed by atoms with E-state index in [1.165, 1.54) is 0 Å². The number of ether oxygens (including phenoxy) is 2. The van der Waals surface area contributed by atoms with Gasteiger partial charge in [-0.05, 0) is 63.4 Å². The third kappa shape index (κ3) is 7.96. The van der Waals surface area contributed by atoms with Crippen molar-refractivity contribution in [3.8, 4) is 11.5 Å². The number of carbonyl (C=O) groups is 2. The fourth-order valence-electron chi connectivity index (χ4n) is 3.25. The number of hydrogen-bond acceptors (Lipinski definition) is 4. The minimum absolute atomic E-state index is 0.138. The first kappa shape index (κ1) is 24.3. The molecule has 2 aromatic rings. The molecule has 1 N–H and O–H groups in total. The van der Waals surface area contributed by atoms with E-state index in [0.29, 0.717) is 30.9 Å². The summed E-state index contributed by atoms with van der Waals surface area (Å²) in [5, 5.41) is 3.00. The lowest BCUT2D eigenvalue weighted by Gasteiger charge is -2.33. The topological polar surface area (TPSA) is 67.9 Å². The van der Waals surface area contributed by atoms with Gasteiger partial charge in [0.2, 0.25) is 5.91 Å². The predicted molar refractivity (Wildman–Crippen MR) is 122 cm³/mol. The first-order valence-electron chi connectivity index (χ1n) is 10.7. The molecule has 168 valence electrons.